The van der Waals surface area contributed by atoms with Gasteiger partial charge in [0.2, 0.25) is 0 Å². The van der Waals surface area contributed by atoms with Gasteiger partial charge in [-0.05, 0) is 18.2 Å². The van der Waals surface area contributed by atoms with Crippen LogP contribution in [0.15, 0.2) is 66.0 Å². The number of rotatable bonds is 3. The molecule has 0 bridgehead atoms. The Morgan fingerprint density at radius 3 is 2.38 bits per heavy atom. The van der Waals surface area contributed by atoms with Gasteiger partial charge >= 0.3 is 0 Å². The van der Waals surface area contributed by atoms with Crippen LogP contribution >= 0.6 is 23.4 Å². The number of thioether (sulfide) groups is 1. The summed E-state index contributed by atoms with van der Waals surface area (Å²) in [7, 11) is 0. The maximum atomic E-state index is 14.2. The van der Waals surface area contributed by atoms with Crippen molar-refractivity contribution in [1.29, 1.82) is 0 Å². The number of aromatic nitrogens is 1. The molecule has 1 amide bonds. The summed E-state index contributed by atoms with van der Waals surface area (Å²) in [5.74, 6) is -4.72. The van der Waals surface area contributed by atoms with Crippen LogP contribution < -0.4 is 0 Å². The van der Waals surface area contributed by atoms with Crippen LogP contribution in [-0.2, 0) is 0 Å². The van der Waals surface area contributed by atoms with E-state index in [2.05, 4.69) is 10.1 Å². The van der Waals surface area contributed by atoms with Crippen LogP contribution in [0.5, 0.6) is 0 Å². The predicted octanol–water partition coefficient (Wildman–Crippen LogP) is 5.40. The Kier molecular flexibility index (Phi) is 5.29. The average molecular weight is 434 g/mol. The molecule has 3 aromatic rings. The number of carbonyl (C=O) groups excluding carboxylic acids is 1. The molecule has 0 saturated carbocycles. The summed E-state index contributed by atoms with van der Waals surface area (Å²) in [6, 6.07) is 11.1. The van der Waals surface area contributed by atoms with Gasteiger partial charge in [0.15, 0.2) is 0 Å². The molecule has 0 spiro atoms. The van der Waals surface area contributed by atoms with E-state index in [-0.39, 0.29) is 0 Å². The van der Waals surface area contributed by atoms with Crippen LogP contribution in [0.4, 0.5) is 13.2 Å². The van der Waals surface area contributed by atoms with Crippen molar-refractivity contribution in [3.05, 3.63) is 100 Å². The fourth-order valence-corrected chi connectivity index (χ4v) is 4.05. The first-order valence-electron chi connectivity index (χ1n) is 8.33. The monoisotopic (exact) mass is 433 g/mol. The van der Waals surface area contributed by atoms with Gasteiger partial charge in [-0.2, -0.15) is 5.10 Å². The van der Waals surface area contributed by atoms with E-state index in [4.69, 9.17) is 11.6 Å². The largest absolute Gasteiger partial charge is 0.281 e. The fraction of sp³-hybridized carbons (Fsp3) is 0.0500. The summed E-state index contributed by atoms with van der Waals surface area (Å²) in [4.78, 5) is 17.0. The van der Waals surface area contributed by atoms with Crippen molar-refractivity contribution >= 4 is 34.3 Å². The van der Waals surface area contributed by atoms with Gasteiger partial charge in [0.05, 0.1) is 0 Å². The third-order valence-corrected chi connectivity index (χ3v) is 5.62. The summed E-state index contributed by atoms with van der Waals surface area (Å²) in [6.45, 7) is 0. The third kappa shape index (κ3) is 3.86. The van der Waals surface area contributed by atoms with Gasteiger partial charge < -0.3 is 0 Å². The molecule has 9 heteroatoms. The van der Waals surface area contributed by atoms with Gasteiger partial charge in [-0.25, -0.2) is 18.2 Å². The number of nitrogens with zero attached hydrogens (tertiary/aromatic N) is 3. The van der Waals surface area contributed by atoms with Crippen molar-refractivity contribution in [3.8, 4) is 0 Å². The molecule has 29 heavy (non-hydrogen) atoms. The molecule has 0 saturated heterocycles. The second-order valence-corrected chi connectivity index (χ2v) is 7.57. The zero-order chi connectivity index (χ0) is 20.5. The van der Waals surface area contributed by atoms with Gasteiger partial charge in [0.1, 0.15) is 33.4 Å². The Morgan fingerprint density at radius 1 is 1.07 bits per heavy atom. The van der Waals surface area contributed by atoms with Crippen LogP contribution in [0.2, 0.25) is 5.02 Å². The molecule has 1 aliphatic rings. The Bertz CT molecular complexity index is 1090. The fourth-order valence-electron chi connectivity index (χ4n) is 2.79. The zero-order valence-electron chi connectivity index (χ0n) is 14.5. The highest BCUT2D eigenvalue weighted by Gasteiger charge is 2.37. The number of hydrogen-bond acceptors (Lipinski definition) is 4. The Labute approximate surface area is 173 Å². The maximum absolute atomic E-state index is 14.2. The van der Waals surface area contributed by atoms with Crippen LogP contribution in [0, 0.1) is 17.5 Å². The van der Waals surface area contributed by atoms with E-state index < -0.39 is 34.3 Å². The lowest BCUT2D eigenvalue weighted by molar-refractivity contribution is 0.0739. The van der Waals surface area contributed by atoms with Gasteiger partial charge in [-0.3, -0.25) is 9.78 Å². The van der Waals surface area contributed by atoms with E-state index in [0.29, 0.717) is 33.3 Å². The normalized spacial score (nSPS) is 16.1. The molecular formula is C20H11ClF3N3OS. The summed E-state index contributed by atoms with van der Waals surface area (Å²) >= 11 is 7.14. The van der Waals surface area contributed by atoms with Gasteiger partial charge in [0.25, 0.3) is 5.91 Å². The first kappa shape index (κ1) is 19.5. The molecule has 2 aromatic carbocycles. The molecule has 4 nitrogen and oxygen atoms in total. The van der Waals surface area contributed by atoms with Crippen LogP contribution in [0.1, 0.15) is 26.9 Å². The van der Waals surface area contributed by atoms with Crippen molar-refractivity contribution in [2.45, 2.75) is 5.37 Å². The quantitative estimate of drug-likeness (QED) is 0.555. The van der Waals surface area contributed by atoms with Crippen molar-refractivity contribution in [2.24, 2.45) is 5.10 Å². The highest BCUT2D eigenvalue weighted by Crippen LogP contribution is 2.42. The maximum Gasteiger partial charge on any atom is 0.281 e. The van der Waals surface area contributed by atoms with E-state index in [9.17, 15) is 18.0 Å². The third-order valence-electron chi connectivity index (χ3n) is 4.13. The second kappa shape index (κ2) is 7.88. The molecule has 4 rings (SSSR count). The SMILES string of the molecule is O=C(c1c(F)cc(F)cc1F)N1N=C(c2ccc(Cl)cc2)SC1c1cccnc1. The highest BCUT2D eigenvalue weighted by molar-refractivity contribution is 8.14. The Hall–Kier alpha value is -2.84. The lowest BCUT2D eigenvalue weighted by Crippen LogP contribution is -2.28. The molecule has 1 unspecified atom stereocenters. The van der Waals surface area contributed by atoms with Gasteiger partial charge in [0, 0.05) is 40.7 Å². The van der Waals surface area contributed by atoms with Crippen molar-refractivity contribution in [2.75, 3.05) is 0 Å². The van der Waals surface area contributed by atoms with Crippen molar-refractivity contribution in [3.63, 3.8) is 0 Å². The van der Waals surface area contributed by atoms with E-state index in [1.165, 1.54) is 18.0 Å². The first-order valence-corrected chi connectivity index (χ1v) is 9.59. The summed E-state index contributed by atoms with van der Waals surface area (Å²) < 4.78 is 41.6. The summed E-state index contributed by atoms with van der Waals surface area (Å²) in [5, 5.41) is 5.56. The topological polar surface area (TPSA) is 45.6 Å². The molecule has 0 N–H and O–H groups in total. The lowest BCUT2D eigenvalue weighted by Gasteiger charge is -2.21. The molecule has 146 valence electrons. The molecule has 0 aliphatic carbocycles. The molecule has 1 atom stereocenters. The minimum absolute atomic E-state index is 0.461. The van der Waals surface area contributed by atoms with Crippen molar-refractivity contribution in [1.82, 2.24) is 9.99 Å². The molecule has 0 radical (unpaired) electrons. The highest BCUT2D eigenvalue weighted by atomic mass is 35.5. The lowest BCUT2D eigenvalue weighted by atomic mass is 10.1. The smallest absolute Gasteiger partial charge is 0.267 e. The van der Waals surface area contributed by atoms with Gasteiger partial charge in [-0.1, -0.05) is 41.6 Å². The number of pyridine rings is 1. The zero-order valence-corrected chi connectivity index (χ0v) is 16.1. The minimum atomic E-state index is -1.29. The van der Waals surface area contributed by atoms with Crippen molar-refractivity contribution < 1.29 is 18.0 Å². The van der Waals surface area contributed by atoms with Crippen LogP contribution in [-0.4, -0.2) is 20.9 Å². The predicted molar refractivity (Wildman–Crippen MR) is 105 cm³/mol. The molecular weight excluding hydrogens is 423 g/mol. The van der Waals surface area contributed by atoms with E-state index >= 15 is 0 Å². The molecule has 2 heterocycles. The number of benzene rings is 2. The molecule has 1 aromatic heterocycles. The van der Waals surface area contributed by atoms with E-state index in [1.54, 1.807) is 42.6 Å². The van der Waals surface area contributed by atoms with Crippen LogP contribution in [0.3, 0.4) is 0 Å². The number of halogens is 4. The van der Waals surface area contributed by atoms with E-state index in [0.717, 1.165) is 5.01 Å². The van der Waals surface area contributed by atoms with E-state index in [1.807, 2.05) is 0 Å². The van der Waals surface area contributed by atoms with Gasteiger partial charge in [-0.15, -0.1) is 0 Å². The molecule has 1 aliphatic heterocycles. The number of carbonyl (C=O) groups is 1. The second-order valence-electron chi connectivity index (χ2n) is 6.06. The average Bonchev–Trinajstić information content (AvgIpc) is 3.14. The first-order chi connectivity index (χ1) is 13.9. The molecule has 0 fully saturated rings. The summed E-state index contributed by atoms with van der Waals surface area (Å²) in [5.41, 5.74) is 0.423. The Morgan fingerprint density at radius 2 is 1.76 bits per heavy atom. The number of amides is 1. The standard InChI is InChI=1S/C20H11ClF3N3OS/c21-13-5-3-11(4-6-13)18-26-27(20(29-18)12-2-1-7-25-10-12)19(28)17-15(23)8-14(22)9-16(17)24/h1-10,20H. The summed E-state index contributed by atoms with van der Waals surface area (Å²) in [6.07, 6.45) is 3.10. The number of hydrogen-bond donors (Lipinski definition) is 0. The minimum Gasteiger partial charge on any atom is -0.267 e. The Balaban J connectivity index is 1.78. The van der Waals surface area contributed by atoms with Crippen LogP contribution in [0.25, 0.3) is 0 Å². The number of hydrazone groups is 1.